The van der Waals surface area contributed by atoms with Crippen molar-refractivity contribution in [1.82, 2.24) is 14.5 Å². The van der Waals surface area contributed by atoms with Crippen molar-refractivity contribution in [2.24, 2.45) is 5.92 Å². The van der Waals surface area contributed by atoms with Crippen molar-refractivity contribution >= 4 is 33.5 Å². The fraction of sp³-hybridized carbons (Fsp3) is 0.348. The van der Waals surface area contributed by atoms with Crippen molar-refractivity contribution in [2.45, 2.75) is 24.2 Å². The van der Waals surface area contributed by atoms with Crippen LogP contribution >= 0.6 is 11.6 Å². The van der Waals surface area contributed by atoms with E-state index in [1.165, 1.54) is 16.4 Å². The maximum atomic E-state index is 12.8. The van der Waals surface area contributed by atoms with Gasteiger partial charge in [0.2, 0.25) is 21.8 Å². The van der Waals surface area contributed by atoms with E-state index in [0.717, 1.165) is 5.56 Å². The Morgan fingerprint density at radius 1 is 1.03 bits per heavy atom. The molecule has 12 heteroatoms. The zero-order chi connectivity index (χ0) is 24.4. The summed E-state index contributed by atoms with van der Waals surface area (Å²) < 4.78 is 43.8. The average Bonchev–Trinajstić information content (AvgIpc) is 3.30. The second-order valence-corrected chi connectivity index (χ2v) is 10.7. The van der Waals surface area contributed by atoms with Crippen LogP contribution in [-0.4, -0.2) is 55.1 Å². The van der Waals surface area contributed by atoms with E-state index in [-0.39, 0.29) is 35.8 Å². The molecule has 0 aliphatic carbocycles. The van der Waals surface area contributed by atoms with E-state index in [1.807, 2.05) is 18.2 Å². The van der Waals surface area contributed by atoms with Crippen LogP contribution in [0, 0.1) is 5.92 Å². The SMILES string of the molecule is O=C(Nc1nnc(Cc2ccc3c(c2)OCCO3)o1)C1CCN(S(=O)(=O)c2ccc(Cl)cc2)CC1. The van der Waals surface area contributed by atoms with Gasteiger partial charge in [0.25, 0.3) is 0 Å². The lowest BCUT2D eigenvalue weighted by atomic mass is 9.97. The monoisotopic (exact) mass is 518 g/mol. The highest BCUT2D eigenvalue weighted by atomic mass is 35.5. The number of ether oxygens (including phenoxy) is 2. The number of halogens is 1. The highest BCUT2D eigenvalue weighted by molar-refractivity contribution is 7.89. The number of nitrogens with zero attached hydrogens (tertiary/aromatic N) is 3. The maximum Gasteiger partial charge on any atom is 0.322 e. The summed E-state index contributed by atoms with van der Waals surface area (Å²) >= 11 is 5.86. The van der Waals surface area contributed by atoms with Crippen molar-refractivity contribution in [3.05, 3.63) is 58.9 Å². The highest BCUT2D eigenvalue weighted by Gasteiger charge is 2.32. The second kappa shape index (κ2) is 9.84. The molecule has 1 N–H and O–H groups in total. The van der Waals surface area contributed by atoms with Crippen molar-refractivity contribution in [3.63, 3.8) is 0 Å². The fourth-order valence-corrected chi connectivity index (χ4v) is 5.67. The van der Waals surface area contributed by atoms with Gasteiger partial charge in [-0.05, 0) is 54.8 Å². The Hall–Kier alpha value is -3.15. The Bertz CT molecular complexity index is 1320. The maximum absolute atomic E-state index is 12.8. The van der Waals surface area contributed by atoms with Gasteiger partial charge in [-0.1, -0.05) is 22.8 Å². The van der Waals surface area contributed by atoms with E-state index in [2.05, 4.69) is 15.5 Å². The smallest absolute Gasteiger partial charge is 0.322 e. The summed E-state index contributed by atoms with van der Waals surface area (Å²) in [6, 6.07) is 11.7. The van der Waals surface area contributed by atoms with Gasteiger partial charge < -0.3 is 13.9 Å². The van der Waals surface area contributed by atoms with Gasteiger partial charge in [-0.25, -0.2) is 8.42 Å². The highest BCUT2D eigenvalue weighted by Crippen LogP contribution is 2.31. The Balaban J connectivity index is 1.15. The molecule has 0 saturated carbocycles. The first-order chi connectivity index (χ1) is 16.9. The number of nitrogens with one attached hydrogen (secondary N) is 1. The Morgan fingerprint density at radius 2 is 1.74 bits per heavy atom. The zero-order valence-electron chi connectivity index (χ0n) is 18.6. The number of fused-ring (bicyclic) bond motifs is 1. The molecule has 2 aliphatic heterocycles. The molecule has 0 spiro atoms. The number of hydrogen-bond donors (Lipinski definition) is 1. The normalized spacial score (nSPS) is 16.7. The third kappa shape index (κ3) is 5.26. The predicted octanol–water partition coefficient (Wildman–Crippen LogP) is 3.12. The largest absolute Gasteiger partial charge is 0.486 e. The summed E-state index contributed by atoms with van der Waals surface area (Å²) in [4.78, 5) is 12.9. The number of aromatic nitrogens is 2. The van der Waals surface area contributed by atoms with E-state index >= 15 is 0 Å². The molecule has 5 rings (SSSR count). The van der Waals surface area contributed by atoms with Gasteiger partial charge >= 0.3 is 6.01 Å². The number of rotatable bonds is 6. The van der Waals surface area contributed by atoms with Crippen LogP contribution in [0.25, 0.3) is 0 Å². The van der Waals surface area contributed by atoms with Crippen molar-refractivity contribution < 1.29 is 27.1 Å². The molecule has 1 fully saturated rings. The first kappa shape index (κ1) is 23.6. The molecule has 0 unspecified atom stereocenters. The summed E-state index contributed by atoms with van der Waals surface area (Å²) in [7, 11) is -3.63. The molecular weight excluding hydrogens is 496 g/mol. The van der Waals surface area contributed by atoms with Crippen LogP contribution in [0.15, 0.2) is 51.8 Å². The number of hydrogen-bond acceptors (Lipinski definition) is 8. The molecule has 2 aromatic carbocycles. The average molecular weight is 519 g/mol. The van der Waals surface area contributed by atoms with Gasteiger partial charge in [0.05, 0.1) is 11.3 Å². The van der Waals surface area contributed by atoms with E-state index in [1.54, 1.807) is 12.1 Å². The zero-order valence-corrected chi connectivity index (χ0v) is 20.2. The molecule has 1 amide bonds. The summed E-state index contributed by atoms with van der Waals surface area (Å²) in [5.41, 5.74) is 0.907. The molecule has 1 saturated heterocycles. The van der Waals surface area contributed by atoms with Gasteiger partial charge in [0, 0.05) is 24.0 Å². The number of anilines is 1. The molecular formula is C23H23ClN4O6S. The van der Waals surface area contributed by atoms with Crippen LogP contribution in [0.3, 0.4) is 0 Å². The number of carbonyl (C=O) groups excluding carboxylic acids is 1. The molecule has 3 heterocycles. The van der Waals surface area contributed by atoms with Crippen LogP contribution < -0.4 is 14.8 Å². The Kier molecular flexibility index (Phi) is 6.63. The quantitative estimate of drug-likeness (QED) is 0.528. The lowest BCUT2D eigenvalue weighted by molar-refractivity contribution is -0.121. The van der Waals surface area contributed by atoms with E-state index in [9.17, 15) is 13.2 Å². The molecule has 0 atom stereocenters. The molecule has 10 nitrogen and oxygen atoms in total. The second-order valence-electron chi connectivity index (χ2n) is 8.28. The first-order valence-electron chi connectivity index (χ1n) is 11.2. The summed E-state index contributed by atoms with van der Waals surface area (Å²) in [5, 5.41) is 11.0. The van der Waals surface area contributed by atoms with Crippen LogP contribution in [0.1, 0.15) is 24.3 Å². The third-order valence-electron chi connectivity index (χ3n) is 5.94. The lowest BCUT2D eigenvalue weighted by Gasteiger charge is -2.30. The number of benzene rings is 2. The van der Waals surface area contributed by atoms with Gasteiger partial charge in [0.15, 0.2) is 11.5 Å². The fourth-order valence-electron chi connectivity index (χ4n) is 4.07. The molecule has 3 aromatic rings. The standard InChI is InChI=1S/C23H23ClN4O6S/c24-17-2-4-18(5-3-17)35(30,31)28-9-7-16(8-10-28)22(29)25-23-27-26-21(34-23)14-15-1-6-19-20(13-15)33-12-11-32-19/h1-6,13,16H,7-12,14H2,(H,25,27,29). The topological polar surface area (TPSA) is 124 Å². The van der Waals surface area contributed by atoms with Crippen LogP contribution in [-0.2, 0) is 21.2 Å². The van der Waals surface area contributed by atoms with E-state index in [0.29, 0.717) is 54.9 Å². The Labute approximate surface area is 207 Å². The molecule has 2 aliphatic rings. The minimum atomic E-state index is -3.63. The van der Waals surface area contributed by atoms with Crippen LogP contribution in [0.2, 0.25) is 5.02 Å². The van der Waals surface area contributed by atoms with Crippen LogP contribution in [0.5, 0.6) is 11.5 Å². The van der Waals surface area contributed by atoms with E-state index < -0.39 is 10.0 Å². The van der Waals surface area contributed by atoms with Gasteiger partial charge in [0.1, 0.15) is 13.2 Å². The van der Waals surface area contributed by atoms with Gasteiger partial charge in [-0.2, -0.15) is 4.31 Å². The number of carbonyl (C=O) groups is 1. The number of amides is 1. The summed E-state index contributed by atoms with van der Waals surface area (Å²) in [5.74, 6) is 1.08. The summed E-state index contributed by atoms with van der Waals surface area (Å²) in [6.07, 6.45) is 1.15. The van der Waals surface area contributed by atoms with Crippen molar-refractivity contribution in [3.8, 4) is 11.5 Å². The molecule has 0 radical (unpaired) electrons. The Morgan fingerprint density at radius 3 is 2.49 bits per heavy atom. The number of piperidine rings is 1. The first-order valence-corrected chi connectivity index (χ1v) is 13.0. The van der Waals surface area contributed by atoms with Gasteiger partial charge in [-0.15, -0.1) is 5.10 Å². The van der Waals surface area contributed by atoms with Gasteiger partial charge in [-0.3, -0.25) is 10.1 Å². The van der Waals surface area contributed by atoms with E-state index in [4.69, 9.17) is 25.5 Å². The van der Waals surface area contributed by atoms with Crippen LogP contribution in [0.4, 0.5) is 6.01 Å². The molecule has 1 aromatic heterocycles. The van der Waals surface area contributed by atoms with Crippen molar-refractivity contribution in [2.75, 3.05) is 31.6 Å². The predicted molar refractivity (Wildman–Crippen MR) is 126 cm³/mol. The minimum Gasteiger partial charge on any atom is -0.486 e. The lowest BCUT2D eigenvalue weighted by Crippen LogP contribution is -2.41. The molecule has 184 valence electrons. The molecule has 0 bridgehead atoms. The molecule has 35 heavy (non-hydrogen) atoms. The van der Waals surface area contributed by atoms with Crippen molar-refractivity contribution in [1.29, 1.82) is 0 Å². The third-order valence-corrected chi connectivity index (χ3v) is 8.10. The number of sulfonamides is 1. The minimum absolute atomic E-state index is 0.0127. The summed E-state index contributed by atoms with van der Waals surface area (Å²) in [6.45, 7) is 1.50.